The second-order valence-electron chi connectivity index (χ2n) is 2.81. The lowest BCUT2D eigenvalue weighted by Gasteiger charge is -2.40. The summed E-state index contributed by atoms with van der Waals surface area (Å²) in [5.74, 6) is -1.13. The molecule has 0 aromatic heterocycles. The van der Waals surface area contributed by atoms with Gasteiger partial charge in [-0.15, -0.1) is 0 Å². The van der Waals surface area contributed by atoms with Crippen LogP contribution in [0.15, 0.2) is 23.1 Å². The van der Waals surface area contributed by atoms with Crippen LogP contribution in [0.4, 0.5) is 19.4 Å². The number of carbonyl (C=O) groups excluding carboxylic acids is 1. The number of halogens is 5. The summed E-state index contributed by atoms with van der Waals surface area (Å²) in [7, 11) is -9.78. The summed E-state index contributed by atoms with van der Waals surface area (Å²) in [6.45, 7) is 0. The molecule has 0 spiro atoms. The van der Waals surface area contributed by atoms with Crippen LogP contribution in [0.5, 0.6) is 5.75 Å². The highest BCUT2D eigenvalue weighted by Gasteiger charge is 2.65. The summed E-state index contributed by atoms with van der Waals surface area (Å²) < 4.78 is 60.8. The Kier molecular flexibility index (Phi) is 1.91. The van der Waals surface area contributed by atoms with Crippen LogP contribution in [0.3, 0.4) is 0 Å². The fourth-order valence-corrected chi connectivity index (χ4v) is 1.52. The number of rotatable bonds is 2. The van der Waals surface area contributed by atoms with Crippen molar-refractivity contribution < 1.29 is 29.3 Å². The van der Waals surface area contributed by atoms with E-state index in [1.807, 2.05) is 0 Å². The number of phenols is 1. The lowest BCUT2D eigenvalue weighted by atomic mass is 10.2. The van der Waals surface area contributed by atoms with Gasteiger partial charge in [0.25, 0.3) is 0 Å². The first kappa shape index (κ1) is 11.8. The van der Waals surface area contributed by atoms with Crippen molar-refractivity contribution in [1.29, 1.82) is 0 Å². The molecule has 0 fully saturated rings. The SMILES string of the molecule is O=Cc1ccc(S(F)(F)(F)(F)F)cc1O. The molecule has 1 aromatic carbocycles. The van der Waals surface area contributed by atoms with E-state index in [0.717, 1.165) is 0 Å². The average molecular weight is 248 g/mol. The second kappa shape index (κ2) is 2.43. The summed E-state index contributed by atoms with van der Waals surface area (Å²) in [5.41, 5.74) is -0.486. The topological polar surface area (TPSA) is 37.3 Å². The van der Waals surface area contributed by atoms with Crippen LogP contribution in [0.2, 0.25) is 0 Å². The quantitative estimate of drug-likeness (QED) is 0.637. The van der Waals surface area contributed by atoms with Gasteiger partial charge in [-0.1, -0.05) is 19.4 Å². The number of aromatic hydroxyl groups is 1. The molecule has 15 heavy (non-hydrogen) atoms. The molecule has 0 aliphatic heterocycles. The molecule has 0 saturated heterocycles. The fraction of sp³-hybridized carbons (Fsp3) is 0. The number of hydrogen-bond donors (Lipinski definition) is 1. The van der Waals surface area contributed by atoms with Crippen molar-refractivity contribution in [2.75, 3.05) is 0 Å². The molecule has 0 bridgehead atoms. The minimum atomic E-state index is -9.78. The van der Waals surface area contributed by atoms with Crippen molar-refractivity contribution >= 4 is 16.5 Å². The van der Waals surface area contributed by atoms with E-state index in [-0.39, 0.29) is 18.4 Å². The van der Waals surface area contributed by atoms with E-state index >= 15 is 0 Å². The Morgan fingerprint density at radius 1 is 1.13 bits per heavy atom. The van der Waals surface area contributed by atoms with Crippen molar-refractivity contribution in [2.24, 2.45) is 0 Å². The highest BCUT2D eigenvalue weighted by Crippen LogP contribution is 3.02. The molecule has 1 rings (SSSR count). The van der Waals surface area contributed by atoms with Gasteiger partial charge < -0.3 is 5.11 Å². The molecule has 8 heteroatoms. The Labute approximate surface area is 81.1 Å². The molecule has 0 unspecified atom stereocenters. The summed E-state index contributed by atoms with van der Waals surface area (Å²) in [6, 6.07) is 0.381. The Bertz CT molecular complexity index is 424. The van der Waals surface area contributed by atoms with Gasteiger partial charge in [-0.2, -0.15) is 0 Å². The van der Waals surface area contributed by atoms with Gasteiger partial charge in [-0.3, -0.25) is 4.79 Å². The van der Waals surface area contributed by atoms with E-state index in [2.05, 4.69) is 0 Å². The Morgan fingerprint density at radius 3 is 2.00 bits per heavy atom. The van der Waals surface area contributed by atoms with E-state index in [4.69, 9.17) is 5.11 Å². The molecule has 0 amide bonds. The van der Waals surface area contributed by atoms with Crippen LogP contribution in [0.1, 0.15) is 10.4 Å². The molecule has 0 aliphatic rings. The van der Waals surface area contributed by atoms with E-state index in [1.165, 1.54) is 0 Å². The molecular formula is C7H5F5O2S. The molecule has 1 N–H and O–H groups in total. The van der Waals surface area contributed by atoms with Gasteiger partial charge in [0.05, 0.1) is 5.56 Å². The minimum absolute atomic E-state index is 0.0600. The molecule has 0 atom stereocenters. The van der Waals surface area contributed by atoms with Gasteiger partial charge in [0.15, 0.2) is 6.29 Å². The molecule has 2 nitrogen and oxygen atoms in total. The standard InChI is InChI=1S/C7H5F5O2S/c8-15(9,10,11,12)6-2-1-5(4-13)7(14)3-6/h1-4,14H. The maximum Gasteiger partial charge on any atom is 0.310 e. The normalized spacial score (nSPS) is 16.6. The van der Waals surface area contributed by atoms with Crippen molar-refractivity contribution in [3.63, 3.8) is 0 Å². The molecule has 0 radical (unpaired) electrons. The van der Waals surface area contributed by atoms with Crippen molar-refractivity contribution in [1.82, 2.24) is 0 Å². The Balaban J connectivity index is 3.45. The maximum atomic E-state index is 12.2. The van der Waals surface area contributed by atoms with E-state index < -0.39 is 26.4 Å². The highest BCUT2D eigenvalue weighted by atomic mass is 32.5. The van der Waals surface area contributed by atoms with Gasteiger partial charge in [0.2, 0.25) is 0 Å². The third kappa shape index (κ3) is 2.58. The lowest BCUT2D eigenvalue weighted by Crippen LogP contribution is -2.06. The fourth-order valence-electron chi connectivity index (χ4n) is 0.863. The molecule has 1 aromatic rings. The molecular weight excluding hydrogens is 243 g/mol. The second-order valence-corrected chi connectivity index (χ2v) is 5.22. The van der Waals surface area contributed by atoms with Crippen LogP contribution in [0, 0.1) is 0 Å². The van der Waals surface area contributed by atoms with Gasteiger partial charge in [0, 0.05) is 6.07 Å². The number of hydrogen-bond acceptors (Lipinski definition) is 2. The van der Waals surface area contributed by atoms with Crippen molar-refractivity contribution in [2.45, 2.75) is 4.90 Å². The summed E-state index contributed by atoms with van der Waals surface area (Å²) in [5, 5.41) is 8.84. The zero-order valence-corrected chi connectivity index (χ0v) is 7.78. The largest absolute Gasteiger partial charge is 0.507 e. The van der Waals surface area contributed by atoms with Crippen molar-refractivity contribution in [3.8, 4) is 5.75 Å². The van der Waals surface area contributed by atoms with Gasteiger partial charge in [-0.25, -0.2) is 0 Å². The first-order chi connectivity index (χ1) is 6.44. The molecule has 0 heterocycles. The third-order valence-corrected chi connectivity index (χ3v) is 2.72. The van der Waals surface area contributed by atoms with Crippen LogP contribution in [-0.2, 0) is 0 Å². The van der Waals surface area contributed by atoms with E-state index in [0.29, 0.717) is 6.07 Å². The Morgan fingerprint density at radius 2 is 1.67 bits per heavy atom. The zero-order chi connectivity index (χ0) is 12.0. The van der Waals surface area contributed by atoms with Crippen molar-refractivity contribution in [3.05, 3.63) is 23.8 Å². The lowest BCUT2D eigenvalue weighted by molar-refractivity contribution is 0.112. The van der Waals surface area contributed by atoms with Gasteiger partial charge in [-0.05, 0) is 12.1 Å². The summed E-state index contributed by atoms with van der Waals surface area (Å²) in [6.07, 6.45) is 0.0600. The van der Waals surface area contributed by atoms with E-state index in [9.17, 15) is 24.2 Å². The van der Waals surface area contributed by atoms with Gasteiger partial charge in [0.1, 0.15) is 10.6 Å². The molecule has 0 aliphatic carbocycles. The molecule has 86 valence electrons. The molecule has 0 saturated carbocycles. The summed E-state index contributed by atoms with van der Waals surface area (Å²) >= 11 is 0. The predicted octanol–water partition coefficient (Wildman–Crippen LogP) is 3.86. The van der Waals surface area contributed by atoms with E-state index in [1.54, 1.807) is 0 Å². The number of carbonyl (C=O) groups is 1. The third-order valence-electron chi connectivity index (χ3n) is 1.57. The average Bonchev–Trinajstić information content (AvgIpc) is 2.00. The van der Waals surface area contributed by atoms with Crippen LogP contribution in [-0.4, -0.2) is 11.4 Å². The monoisotopic (exact) mass is 248 g/mol. The Hall–Kier alpha value is -1.31. The highest BCUT2D eigenvalue weighted by molar-refractivity contribution is 8.45. The van der Waals surface area contributed by atoms with Gasteiger partial charge >= 0.3 is 10.2 Å². The zero-order valence-electron chi connectivity index (χ0n) is 6.96. The van der Waals surface area contributed by atoms with Crippen LogP contribution >= 0.6 is 10.2 Å². The maximum absolute atomic E-state index is 12.2. The van der Waals surface area contributed by atoms with Crippen LogP contribution < -0.4 is 0 Å². The number of phenolic OH excluding ortho intramolecular Hbond substituents is 1. The predicted molar refractivity (Wildman–Crippen MR) is 44.9 cm³/mol. The smallest absolute Gasteiger partial charge is 0.310 e. The number of benzene rings is 1. The van der Waals surface area contributed by atoms with Crippen LogP contribution in [0.25, 0.3) is 0 Å². The minimum Gasteiger partial charge on any atom is -0.507 e. The summed E-state index contributed by atoms with van der Waals surface area (Å²) in [4.78, 5) is 7.90. The first-order valence-corrected chi connectivity index (χ1v) is 5.41. The first-order valence-electron chi connectivity index (χ1n) is 3.46. The number of aldehydes is 1.